The van der Waals surface area contributed by atoms with E-state index >= 15 is 0 Å². The Labute approximate surface area is 75.0 Å². The van der Waals surface area contributed by atoms with E-state index in [1.165, 1.54) is 11.0 Å². The molecule has 6 nitrogen and oxygen atoms in total. The zero-order chi connectivity index (χ0) is 9.68. The SMILES string of the molecule is N#C/C(=N/O)C(=O)N1CCOCC1. The summed E-state index contributed by atoms with van der Waals surface area (Å²) in [5.74, 6) is -0.548. The summed E-state index contributed by atoms with van der Waals surface area (Å²) >= 11 is 0. The van der Waals surface area contributed by atoms with E-state index in [9.17, 15) is 4.79 Å². The number of amides is 1. The van der Waals surface area contributed by atoms with Gasteiger partial charge in [-0.3, -0.25) is 4.79 Å². The largest absolute Gasteiger partial charge is 0.410 e. The van der Waals surface area contributed by atoms with Crippen molar-refractivity contribution in [2.45, 2.75) is 0 Å². The second-order valence-electron chi connectivity index (χ2n) is 2.46. The Kier molecular flexibility index (Phi) is 3.23. The van der Waals surface area contributed by atoms with Crippen molar-refractivity contribution in [2.24, 2.45) is 5.16 Å². The number of morpholine rings is 1. The third-order valence-corrected chi connectivity index (χ3v) is 1.71. The molecule has 1 aliphatic heterocycles. The molecular weight excluding hydrogens is 174 g/mol. The van der Waals surface area contributed by atoms with Crippen molar-refractivity contribution in [3.05, 3.63) is 0 Å². The van der Waals surface area contributed by atoms with Crippen LogP contribution in [0.4, 0.5) is 0 Å². The summed E-state index contributed by atoms with van der Waals surface area (Å²) in [6.07, 6.45) is 0. The number of ether oxygens (including phenoxy) is 1. The summed E-state index contributed by atoms with van der Waals surface area (Å²) in [6.45, 7) is 1.77. The molecule has 1 rings (SSSR count). The molecule has 1 heterocycles. The number of oxime groups is 1. The monoisotopic (exact) mass is 183 g/mol. The molecule has 1 aliphatic rings. The van der Waals surface area contributed by atoms with Gasteiger partial charge in [-0.2, -0.15) is 5.26 Å². The summed E-state index contributed by atoms with van der Waals surface area (Å²) in [4.78, 5) is 12.7. The number of carbonyl (C=O) groups excluding carboxylic acids is 1. The number of rotatable bonds is 1. The third kappa shape index (κ3) is 2.16. The van der Waals surface area contributed by atoms with Gasteiger partial charge in [-0.15, -0.1) is 0 Å². The Balaban J connectivity index is 2.61. The summed E-state index contributed by atoms with van der Waals surface area (Å²) < 4.78 is 5.02. The van der Waals surface area contributed by atoms with Crippen molar-refractivity contribution in [3.63, 3.8) is 0 Å². The Morgan fingerprint density at radius 3 is 2.62 bits per heavy atom. The molecule has 70 valence electrons. The number of nitrogens with zero attached hydrogens (tertiary/aromatic N) is 3. The van der Waals surface area contributed by atoms with Gasteiger partial charge in [0.15, 0.2) is 0 Å². The fraction of sp³-hybridized carbons (Fsp3) is 0.571. The van der Waals surface area contributed by atoms with Crippen LogP contribution >= 0.6 is 0 Å². The lowest BCUT2D eigenvalue weighted by Gasteiger charge is -2.25. The average molecular weight is 183 g/mol. The van der Waals surface area contributed by atoms with Crippen LogP contribution in [0.1, 0.15) is 0 Å². The van der Waals surface area contributed by atoms with Gasteiger partial charge in [0.2, 0.25) is 5.71 Å². The Morgan fingerprint density at radius 2 is 2.15 bits per heavy atom. The maximum absolute atomic E-state index is 11.3. The maximum Gasteiger partial charge on any atom is 0.287 e. The molecular formula is C7H9N3O3. The van der Waals surface area contributed by atoms with Gasteiger partial charge in [0, 0.05) is 13.1 Å². The lowest BCUT2D eigenvalue weighted by Crippen LogP contribution is -2.43. The molecule has 1 N–H and O–H groups in total. The van der Waals surface area contributed by atoms with Crippen LogP contribution in [-0.4, -0.2) is 48.0 Å². The lowest BCUT2D eigenvalue weighted by atomic mass is 10.3. The zero-order valence-electron chi connectivity index (χ0n) is 6.93. The quantitative estimate of drug-likeness (QED) is 0.327. The first-order valence-electron chi connectivity index (χ1n) is 3.78. The highest BCUT2D eigenvalue weighted by Gasteiger charge is 2.21. The van der Waals surface area contributed by atoms with Crippen molar-refractivity contribution in [1.82, 2.24) is 4.90 Å². The molecule has 0 aromatic heterocycles. The van der Waals surface area contributed by atoms with Gasteiger partial charge >= 0.3 is 0 Å². The maximum atomic E-state index is 11.3. The van der Waals surface area contributed by atoms with Crippen molar-refractivity contribution >= 4 is 11.6 Å². The van der Waals surface area contributed by atoms with Gasteiger partial charge in [0.1, 0.15) is 6.07 Å². The predicted molar refractivity (Wildman–Crippen MR) is 42.2 cm³/mol. The lowest BCUT2D eigenvalue weighted by molar-refractivity contribution is -0.128. The van der Waals surface area contributed by atoms with Crippen LogP contribution in [0.3, 0.4) is 0 Å². The van der Waals surface area contributed by atoms with Crippen molar-refractivity contribution in [2.75, 3.05) is 26.3 Å². The van der Waals surface area contributed by atoms with Crippen LogP contribution in [0.2, 0.25) is 0 Å². The highest BCUT2D eigenvalue weighted by molar-refractivity contribution is 6.44. The third-order valence-electron chi connectivity index (χ3n) is 1.71. The van der Waals surface area contributed by atoms with E-state index in [1.54, 1.807) is 0 Å². The highest BCUT2D eigenvalue weighted by atomic mass is 16.5. The van der Waals surface area contributed by atoms with E-state index in [0.29, 0.717) is 26.3 Å². The van der Waals surface area contributed by atoms with E-state index in [4.69, 9.17) is 15.2 Å². The first-order valence-corrected chi connectivity index (χ1v) is 3.78. The van der Waals surface area contributed by atoms with E-state index < -0.39 is 11.6 Å². The smallest absolute Gasteiger partial charge is 0.287 e. The number of carbonyl (C=O) groups is 1. The van der Waals surface area contributed by atoms with Crippen molar-refractivity contribution in [3.8, 4) is 6.07 Å². The van der Waals surface area contributed by atoms with Crippen LogP contribution in [0, 0.1) is 11.3 Å². The highest BCUT2D eigenvalue weighted by Crippen LogP contribution is 1.98. The molecule has 0 radical (unpaired) electrons. The first-order chi connectivity index (χ1) is 6.29. The molecule has 0 aromatic carbocycles. The van der Waals surface area contributed by atoms with E-state index in [0.717, 1.165) is 0 Å². The van der Waals surface area contributed by atoms with Crippen LogP contribution < -0.4 is 0 Å². The van der Waals surface area contributed by atoms with Crippen molar-refractivity contribution in [1.29, 1.82) is 5.26 Å². The molecule has 0 bridgehead atoms. The standard InChI is InChI=1S/C7H9N3O3/c8-5-6(9-12)7(11)10-1-3-13-4-2-10/h12H,1-4H2/b9-6-. The van der Waals surface area contributed by atoms with Crippen LogP contribution in [0.5, 0.6) is 0 Å². The minimum Gasteiger partial charge on any atom is -0.410 e. The van der Waals surface area contributed by atoms with Gasteiger partial charge in [-0.25, -0.2) is 0 Å². The second-order valence-corrected chi connectivity index (χ2v) is 2.46. The second kappa shape index (κ2) is 4.42. The molecule has 1 fully saturated rings. The Hall–Kier alpha value is -1.61. The number of hydrogen-bond acceptors (Lipinski definition) is 5. The normalized spacial score (nSPS) is 18.1. The molecule has 0 atom stereocenters. The van der Waals surface area contributed by atoms with Crippen molar-refractivity contribution < 1.29 is 14.7 Å². The summed E-state index contributed by atoms with van der Waals surface area (Å²) in [7, 11) is 0. The Bertz CT molecular complexity index is 263. The summed E-state index contributed by atoms with van der Waals surface area (Å²) in [6, 6.07) is 1.52. The predicted octanol–water partition coefficient (Wildman–Crippen LogP) is -0.801. The fourth-order valence-corrected chi connectivity index (χ4v) is 1.03. The van der Waals surface area contributed by atoms with Gasteiger partial charge in [0.25, 0.3) is 5.91 Å². The van der Waals surface area contributed by atoms with E-state index in [1.807, 2.05) is 0 Å². The van der Waals surface area contributed by atoms with E-state index in [2.05, 4.69) is 5.16 Å². The average Bonchev–Trinajstić information content (AvgIpc) is 2.21. The fourth-order valence-electron chi connectivity index (χ4n) is 1.03. The number of nitriles is 1. The van der Waals surface area contributed by atoms with Gasteiger partial charge in [-0.1, -0.05) is 5.16 Å². The van der Waals surface area contributed by atoms with Gasteiger partial charge < -0.3 is 14.8 Å². The number of hydrogen-bond donors (Lipinski definition) is 1. The molecule has 0 spiro atoms. The topological polar surface area (TPSA) is 85.9 Å². The summed E-state index contributed by atoms with van der Waals surface area (Å²) in [5, 5.41) is 19.3. The zero-order valence-corrected chi connectivity index (χ0v) is 6.93. The minimum absolute atomic E-state index is 0.430. The Morgan fingerprint density at radius 1 is 1.54 bits per heavy atom. The molecule has 13 heavy (non-hydrogen) atoms. The molecule has 0 unspecified atom stereocenters. The minimum atomic E-state index is -0.548. The molecule has 1 amide bonds. The molecule has 1 saturated heterocycles. The van der Waals surface area contributed by atoms with E-state index in [-0.39, 0.29) is 0 Å². The summed E-state index contributed by atoms with van der Waals surface area (Å²) in [5.41, 5.74) is -0.484. The van der Waals surface area contributed by atoms with Gasteiger partial charge in [-0.05, 0) is 0 Å². The molecule has 6 heteroatoms. The first kappa shape index (κ1) is 9.48. The molecule has 0 aliphatic carbocycles. The van der Waals surface area contributed by atoms with Crippen LogP contribution in [-0.2, 0) is 9.53 Å². The molecule has 0 aromatic rings. The van der Waals surface area contributed by atoms with Crippen LogP contribution in [0.15, 0.2) is 5.16 Å². The van der Waals surface area contributed by atoms with Crippen LogP contribution in [0.25, 0.3) is 0 Å². The van der Waals surface area contributed by atoms with Gasteiger partial charge in [0.05, 0.1) is 13.2 Å². The molecule has 0 saturated carbocycles.